The molecule has 0 aliphatic carbocycles. The van der Waals surface area contributed by atoms with Crippen LogP contribution in [0.25, 0.3) is 0 Å². The highest BCUT2D eigenvalue weighted by molar-refractivity contribution is 5.89. The topological polar surface area (TPSA) is 32.6 Å². The number of nitrogens with zero attached hydrogens (tertiary/aromatic N) is 3. The van der Waals surface area contributed by atoms with E-state index in [-0.39, 0.29) is 0 Å². The van der Waals surface area contributed by atoms with Crippen LogP contribution >= 0.6 is 0 Å². The minimum atomic E-state index is 0.876. The highest BCUT2D eigenvalue weighted by Gasteiger charge is 2.09. The summed E-state index contributed by atoms with van der Waals surface area (Å²) in [5.74, 6) is 0.936. The lowest BCUT2D eigenvalue weighted by molar-refractivity contribution is 0.783. The Bertz CT molecular complexity index is 275. The molecule has 0 spiro atoms. The predicted molar refractivity (Wildman–Crippen MR) is 48.9 cm³/mol. The molecule has 2 rings (SSSR count). The van der Waals surface area contributed by atoms with E-state index < -0.39 is 0 Å². The Morgan fingerprint density at radius 3 is 2.83 bits per heavy atom. The molecule has 2 heterocycles. The molecule has 0 saturated carbocycles. The molecule has 0 atom stereocenters. The molecular weight excluding hydrogens is 152 g/mol. The SMILES string of the molecule is CN(C1=NCCN1)n1cccc1. The van der Waals surface area contributed by atoms with E-state index in [1.54, 1.807) is 0 Å². The summed E-state index contributed by atoms with van der Waals surface area (Å²) < 4.78 is 1.98. The molecular formula is C8H12N4. The molecule has 0 amide bonds. The smallest absolute Gasteiger partial charge is 0.213 e. The maximum atomic E-state index is 4.30. The van der Waals surface area contributed by atoms with E-state index >= 15 is 0 Å². The van der Waals surface area contributed by atoms with Gasteiger partial charge in [-0.1, -0.05) is 0 Å². The second kappa shape index (κ2) is 2.89. The van der Waals surface area contributed by atoms with Gasteiger partial charge in [0.25, 0.3) is 0 Å². The molecule has 0 aromatic carbocycles. The van der Waals surface area contributed by atoms with E-state index in [0.717, 1.165) is 19.0 Å². The van der Waals surface area contributed by atoms with Crippen molar-refractivity contribution in [3.8, 4) is 0 Å². The summed E-state index contributed by atoms with van der Waals surface area (Å²) >= 11 is 0. The molecule has 0 fully saturated rings. The van der Waals surface area contributed by atoms with Crippen LogP contribution < -0.4 is 10.3 Å². The second-order valence-electron chi connectivity index (χ2n) is 2.72. The molecule has 1 N–H and O–H groups in total. The number of aromatic nitrogens is 1. The lowest BCUT2D eigenvalue weighted by Crippen LogP contribution is -2.42. The van der Waals surface area contributed by atoms with Crippen LogP contribution in [-0.4, -0.2) is 30.8 Å². The molecule has 1 aliphatic rings. The van der Waals surface area contributed by atoms with Gasteiger partial charge >= 0.3 is 0 Å². The molecule has 1 aromatic heterocycles. The summed E-state index contributed by atoms with van der Waals surface area (Å²) in [6, 6.07) is 3.98. The fraction of sp³-hybridized carbons (Fsp3) is 0.375. The molecule has 1 aliphatic heterocycles. The van der Waals surface area contributed by atoms with Crippen LogP contribution in [0.2, 0.25) is 0 Å². The van der Waals surface area contributed by atoms with Gasteiger partial charge in [-0.2, -0.15) is 0 Å². The van der Waals surface area contributed by atoms with Crippen LogP contribution in [0.3, 0.4) is 0 Å². The van der Waals surface area contributed by atoms with Crippen molar-refractivity contribution in [3.63, 3.8) is 0 Å². The standard InChI is InChI=1S/C8H12N4/c1-11(8-9-4-5-10-8)12-6-2-3-7-12/h2-3,6-7H,4-5H2,1H3,(H,9,10). The van der Waals surface area contributed by atoms with Crippen molar-refractivity contribution in [3.05, 3.63) is 24.5 Å². The molecule has 0 unspecified atom stereocenters. The van der Waals surface area contributed by atoms with Crippen molar-refractivity contribution in [1.29, 1.82) is 0 Å². The van der Waals surface area contributed by atoms with Gasteiger partial charge in [-0.25, -0.2) is 4.99 Å². The number of nitrogens with one attached hydrogen (secondary N) is 1. The molecule has 4 nitrogen and oxygen atoms in total. The fourth-order valence-corrected chi connectivity index (χ4v) is 1.24. The monoisotopic (exact) mass is 164 g/mol. The zero-order chi connectivity index (χ0) is 8.39. The summed E-state index contributed by atoms with van der Waals surface area (Å²) in [6.45, 7) is 1.82. The summed E-state index contributed by atoms with van der Waals surface area (Å²) in [4.78, 5) is 4.30. The first-order valence-electron chi connectivity index (χ1n) is 4.03. The van der Waals surface area contributed by atoms with Gasteiger partial charge in [-0.15, -0.1) is 0 Å². The van der Waals surface area contributed by atoms with E-state index in [0.29, 0.717) is 0 Å². The molecule has 12 heavy (non-hydrogen) atoms. The van der Waals surface area contributed by atoms with Gasteiger partial charge in [-0.05, 0) is 12.1 Å². The fourth-order valence-electron chi connectivity index (χ4n) is 1.24. The molecule has 1 aromatic rings. The van der Waals surface area contributed by atoms with E-state index in [1.807, 2.05) is 41.3 Å². The lowest BCUT2D eigenvalue weighted by Gasteiger charge is -2.19. The zero-order valence-corrected chi connectivity index (χ0v) is 7.07. The van der Waals surface area contributed by atoms with Crippen LogP contribution in [0.1, 0.15) is 0 Å². The van der Waals surface area contributed by atoms with E-state index in [1.165, 1.54) is 0 Å². The third-order valence-electron chi connectivity index (χ3n) is 1.90. The number of aliphatic imine (C=N–C) groups is 1. The van der Waals surface area contributed by atoms with Gasteiger partial charge in [0.2, 0.25) is 5.96 Å². The third kappa shape index (κ3) is 1.15. The Kier molecular flexibility index (Phi) is 1.74. The highest BCUT2D eigenvalue weighted by Crippen LogP contribution is 1.94. The van der Waals surface area contributed by atoms with Crippen molar-refractivity contribution in [2.75, 3.05) is 25.1 Å². The Morgan fingerprint density at radius 2 is 2.25 bits per heavy atom. The molecule has 64 valence electrons. The highest BCUT2D eigenvalue weighted by atomic mass is 15.6. The maximum Gasteiger partial charge on any atom is 0.213 e. The first kappa shape index (κ1) is 7.21. The van der Waals surface area contributed by atoms with Crippen molar-refractivity contribution < 1.29 is 0 Å². The number of rotatable bonds is 1. The van der Waals surface area contributed by atoms with Crippen LogP contribution in [-0.2, 0) is 0 Å². The van der Waals surface area contributed by atoms with Gasteiger partial charge in [0.15, 0.2) is 0 Å². The largest absolute Gasteiger partial charge is 0.353 e. The quantitative estimate of drug-likeness (QED) is 0.634. The van der Waals surface area contributed by atoms with Crippen LogP contribution in [0, 0.1) is 0 Å². The minimum absolute atomic E-state index is 0.876. The Labute approximate surface area is 71.5 Å². The third-order valence-corrected chi connectivity index (χ3v) is 1.90. The molecule has 0 radical (unpaired) electrons. The number of guanidine groups is 1. The second-order valence-corrected chi connectivity index (χ2v) is 2.72. The summed E-state index contributed by atoms with van der Waals surface area (Å²) in [7, 11) is 1.98. The summed E-state index contributed by atoms with van der Waals surface area (Å²) in [5.41, 5.74) is 0. The van der Waals surface area contributed by atoms with Gasteiger partial charge in [-0.3, -0.25) is 9.69 Å². The maximum absolute atomic E-state index is 4.30. The zero-order valence-electron chi connectivity index (χ0n) is 7.07. The average Bonchev–Trinajstić information content (AvgIpc) is 2.77. The molecule has 4 heteroatoms. The first-order valence-corrected chi connectivity index (χ1v) is 4.03. The summed E-state index contributed by atoms with van der Waals surface area (Å²) in [6.07, 6.45) is 3.98. The Hall–Kier alpha value is -1.45. The molecule has 0 saturated heterocycles. The van der Waals surface area contributed by atoms with E-state index in [9.17, 15) is 0 Å². The Balaban J connectivity index is 2.14. The van der Waals surface area contributed by atoms with Crippen molar-refractivity contribution in [2.45, 2.75) is 0 Å². The van der Waals surface area contributed by atoms with E-state index in [2.05, 4.69) is 10.3 Å². The van der Waals surface area contributed by atoms with Crippen LogP contribution in [0.15, 0.2) is 29.5 Å². The lowest BCUT2D eigenvalue weighted by atomic mass is 10.7. The number of hydrogen-bond donors (Lipinski definition) is 1. The van der Waals surface area contributed by atoms with Crippen molar-refractivity contribution in [1.82, 2.24) is 9.99 Å². The van der Waals surface area contributed by atoms with Gasteiger partial charge in [0.05, 0.1) is 6.54 Å². The minimum Gasteiger partial charge on any atom is -0.353 e. The van der Waals surface area contributed by atoms with Crippen LogP contribution in [0.5, 0.6) is 0 Å². The first-order chi connectivity index (χ1) is 5.88. The van der Waals surface area contributed by atoms with Gasteiger partial charge in [0, 0.05) is 26.0 Å². The predicted octanol–water partition coefficient (Wildman–Crippen LogP) is 0.0151. The van der Waals surface area contributed by atoms with E-state index in [4.69, 9.17) is 0 Å². The van der Waals surface area contributed by atoms with Crippen molar-refractivity contribution in [2.24, 2.45) is 4.99 Å². The number of hydrogen-bond acceptors (Lipinski definition) is 3. The molecule has 0 bridgehead atoms. The van der Waals surface area contributed by atoms with Crippen LogP contribution in [0.4, 0.5) is 0 Å². The van der Waals surface area contributed by atoms with Gasteiger partial charge in [0.1, 0.15) is 0 Å². The van der Waals surface area contributed by atoms with Crippen molar-refractivity contribution >= 4 is 5.96 Å². The average molecular weight is 164 g/mol. The normalized spacial score (nSPS) is 15.6. The van der Waals surface area contributed by atoms with Gasteiger partial charge < -0.3 is 5.32 Å². The summed E-state index contributed by atoms with van der Waals surface area (Å²) in [5, 5.41) is 5.18. The Morgan fingerprint density at radius 1 is 1.50 bits per heavy atom.